The summed E-state index contributed by atoms with van der Waals surface area (Å²) in [5, 5.41) is 10.6. The van der Waals surface area contributed by atoms with Gasteiger partial charge in [0.15, 0.2) is 0 Å². The second-order valence-corrected chi connectivity index (χ2v) is 5.58. The minimum Gasteiger partial charge on any atom is -0.258 e. The van der Waals surface area contributed by atoms with Crippen LogP contribution in [0.5, 0.6) is 0 Å². The van der Waals surface area contributed by atoms with Gasteiger partial charge in [-0.15, -0.1) is 11.8 Å². The summed E-state index contributed by atoms with van der Waals surface area (Å²) in [6.45, 7) is 4.18. The number of aryl methyl sites for hydroxylation is 2. The number of rotatable bonds is 4. The minimum atomic E-state index is -0.377. The number of nitro groups is 1. The molecule has 0 fully saturated rings. The molecule has 2 rings (SSSR count). The molecule has 0 heterocycles. The van der Waals surface area contributed by atoms with Crippen LogP contribution in [0.4, 0.5) is 5.69 Å². The number of benzene rings is 2. The van der Waals surface area contributed by atoms with Crippen molar-refractivity contribution >= 4 is 17.4 Å². The number of nitrogens with zero attached hydrogens (tertiary/aromatic N) is 1. The van der Waals surface area contributed by atoms with Gasteiger partial charge >= 0.3 is 0 Å². The highest BCUT2D eigenvalue weighted by atomic mass is 32.2. The molecule has 19 heavy (non-hydrogen) atoms. The first kappa shape index (κ1) is 13.6. The fraction of sp³-hybridized carbons (Fsp3) is 0.200. The fourth-order valence-corrected chi connectivity index (χ4v) is 2.81. The Morgan fingerprint density at radius 1 is 1.05 bits per heavy atom. The van der Waals surface area contributed by atoms with Crippen molar-refractivity contribution in [2.24, 2.45) is 0 Å². The van der Waals surface area contributed by atoms with E-state index in [-0.39, 0.29) is 10.6 Å². The Bertz CT molecular complexity index is 573. The zero-order chi connectivity index (χ0) is 13.8. The quantitative estimate of drug-likeness (QED) is 0.468. The van der Waals surface area contributed by atoms with Crippen LogP contribution in [0.15, 0.2) is 47.4 Å². The lowest BCUT2D eigenvalue weighted by molar-refractivity contribution is -0.384. The van der Waals surface area contributed by atoms with Crippen molar-refractivity contribution in [3.63, 3.8) is 0 Å². The first-order chi connectivity index (χ1) is 9.04. The molecular weight excluding hydrogens is 258 g/mol. The maximum absolute atomic E-state index is 10.6. The molecule has 0 aromatic heterocycles. The molecule has 0 aliphatic rings. The largest absolute Gasteiger partial charge is 0.269 e. The van der Waals surface area contributed by atoms with Gasteiger partial charge in [-0.2, -0.15) is 0 Å². The van der Waals surface area contributed by atoms with Gasteiger partial charge in [0.05, 0.1) is 4.92 Å². The summed E-state index contributed by atoms with van der Waals surface area (Å²) in [6, 6.07) is 13.2. The van der Waals surface area contributed by atoms with Crippen molar-refractivity contribution in [2.45, 2.75) is 24.5 Å². The van der Waals surface area contributed by atoms with Crippen molar-refractivity contribution in [1.82, 2.24) is 0 Å². The predicted octanol–water partition coefficient (Wildman–Crippen LogP) is 4.50. The lowest BCUT2D eigenvalue weighted by Crippen LogP contribution is -1.87. The second-order valence-electron chi connectivity index (χ2n) is 4.54. The van der Waals surface area contributed by atoms with Crippen LogP contribution in [0.3, 0.4) is 0 Å². The van der Waals surface area contributed by atoms with E-state index in [9.17, 15) is 10.1 Å². The molecule has 0 aliphatic heterocycles. The Morgan fingerprint density at radius 3 is 2.16 bits per heavy atom. The fourth-order valence-electron chi connectivity index (χ4n) is 1.98. The van der Waals surface area contributed by atoms with Gasteiger partial charge in [-0.25, -0.2) is 0 Å². The average Bonchev–Trinajstić information content (AvgIpc) is 2.36. The molecule has 0 amide bonds. The normalized spacial score (nSPS) is 10.4. The highest BCUT2D eigenvalue weighted by Gasteiger charge is 2.04. The van der Waals surface area contributed by atoms with Gasteiger partial charge in [0, 0.05) is 22.8 Å². The molecule has 3 nitrogen and oxygen atoms in total. The summed E-state index contributed by atoms with van der Waals surface area (Å²) in [5.41, 5.74) is 3.94. The third-order valence-corrected chi connectivity index (χ3v) is 3.82. The minimum absolute atomic E-state index is 0.135. The van der Waals surface area contributed by atoms with Crippen LogP contribution in [0, 0.1) is 24.0 Å². The summed E-state index contributed by atoms with van der Waals surface area (Å²) in [4.78, 5) is 11.2. The summed E-state index contributed by atoms with van der Waals surface area (Å²) >= 11 is 1.69. The highest BCUT2D eigenvalue weighted by molar-refractivity contribution is 7.98. The van der Waals surface area contributed by atoms with Crippen molar-refractivity contribution < 1.29 is 4.92 Å². The van der Waals surface area contributed by atoms with Crippen LogP contribution >= 0.6 is 11.8 Å². The van der Waals surface area contributed by atoms with Crippen LogP contribution in [0.1, 0.15) is 16.7 Å². The first-order valence-electron chi connectivity index (χ1n) is 5.99. The number of thioether (sulfide) groups is 1. The first-order valence-corrected chi connectivity index (χ1v) is 6.97. The van der Waals surface area contributed by atoms with Crippen molar-refractivity contribution in [1.29, 1.82) is 0 Å². The average molecular weight is 273 g/mol. The number of nitro benzene ring substituents is 1. The molecule has 0 aliphatic carbocycles. The van der Waals surface area contributed by atoms with E-state index in [0.29, 0.717) is 0 Å². The van der Waals surface area contributed by atoms with E-state index in [4.69, 9.17) is 0 Å². The van der Waals surface area contributed by atoms with E-state index in [1.165, 1.54) is 16.7 Å². The van der Waals surface area contributed by atoms with E-state index in [1.54, 1.807) is 36.0 Å². The molecule has 2 aromatic rings. The zero-order valence-electron chi connectivity index (χ0n) is 10.9. The third-order valence-electron chi connectivity index (χ3n) is 2.73. The van der Waals surface area contributed by atoms with Gasteiger partial charge in [0.25, 0.3) is 5.69 Å². The summed E-state index contributed by atoms with van der Waals surface area (Å²) < 4.78 is 0. The Kier molecular flexibility index (Phi) is 4.22. The Balaban J connectivity index is 2.03. The molecule has 0 spiro atoms. The Morgan fingerprint density at radius 2 is 1.63 bits per heavy atom. The lowest BCUT2D eigenvalue weighted by atomic mass is 10.1. The number of hydrogen-bond donors (Lipinski definition) is 0. The van der Waals surface area contributed by atoms with Gasteiger partial charge in [-0.3, -0.25) is 10.1 Å². The molecule has 0 saturated carbocycles. The molecular formula is C15H15NO2S. The Labute approximate surface area is 116 Å². The predicted molar refractivity (Wildman–Crippen MR) is 78.6 cm³/mol. The molecule has 0 atom stereocenters. The molecule has 0 N–H and O–H groups in total. The molecule has 0 saturated heterocycles. The summed E-state index contributed by atoms with van der Waals surface area (Å²) in [5.74, 6) is 0.875. The van der Waals surface area contributed by atoms with Gasteiger partial charge in [0.2, 0.25) is 0 Å². The molecule has 2 aromatic carbocycles. The van der Waals surface area contributed by atoms with Gasteiger partial charge in [-0.05, 0) is 31.5 Å². The molecule has 98 valence electrons. The van der Waals surface area contributed by atoms with Crippen LogP contribution < -0.4 is 0 Å². The monoisotopic (exact) mass is 273 g/mol. The van der Waals surface area contributed by atoms with E-state index in [1.807, 2.05) is 0 Å². The summed E-state index contributed by atoms with van der Waals surface area (Å²) in [6.07, 6.45) is 0. The van der Waals surface area contributed by atoms with E-state index < -0.39 is 0 Å². The SMILES string of the molecule is Cc1cc(C)cc(CSc2ccc([N+](=O)[O-])cc2)c1. The van der Waals surface area contributed by atoms with Crippen molar-refractivity contribution in [2.75, 3.05) is 0 Å². The zero-order valence-corrected chi connectivity index (χ0v) is 11.7. The molecule has 0 radical (unpaired) electrons. The second kappa shape index (κ2) is 5.89. The highest BCUT2D eigenvalue weighted by Crippen LogP contribution is 2.25. The molecule has 0 bridgehead atoms. The topological polar surface area (TPSA) is 43.1 Å². The smallest absolute Gasteiger partial charge is 0.258 e. The van der Waals surface area contributed by atoms with E-state index in [0.717, 1.165) is 10.6 Å². The molecule has 0 unspecified atom stereocenters. The lowest BCUT2D eigenvalue weighted by Gasteiger charge is -2.05. The third kappa shape index (κ3) is 3.83. The Hall–Kier alpha value is -1.81. The van der Waals surface area contributed by atoms with Crippen LogP contribution in [-0.4, -0.2) is 4.92 Å². The summed E-state index contributed by atoms with van der Waals surface area (Å²) in [7, 11) is 0. The van der Waals surface area contributed by atoms with Crippen LogP contribution in [-0.2, 0) is 5.75 Å². The van der Waals surface area contributed by atoms with Gasteiger partial charge in [0.1, 0.15) is 0 Å². The number of non-ortho nitro benzene ring substituents is 1. The van der Waals surface area contributed by atoms with Gasteiger partial charge in [-0.1, -0.05) is 29.3 Å². The van der Waals surface area contributed by atoms with E-state index >= 15 is 0 Å². The van der Waals surface area contributed by atoms with E-state index in [2.05, 4.69) is 32.0 Å². The van der Waals surface area contributed by atoms with Crippen molar-refractivity contribution in [3.8, 4) is 0 Å². The van der Waals surface area contributed by atoms with Crippen LogP contribution in [0.2, 0.25) is 0 Å². The van der Waals surface area contributed by atoms with Gasteiger partial charge < -0.3 is 0 Å². The maximum atomic E-state index is 10.6. The van der Waals surface area contributed by atoms with Crippen LogP contribution in [0.25, 0.3) is 0 Å². The van der Waals surface area contributed by atoms with Crippen molar-refractivity contribution in [3.05, 3.63) is 69.3 Å². The standard InChI is InChI=1S/C15H15NO2S/c1-11-7-12(2)9-13(8-11)10-19-15-5-3-14(4-6-15)16(17)18/h3-9H,10H2,1-2H3. The maximum Gasteiger partial charge on any atom is 0.269 e. The molecule has 4 heteroatoms. The number of hydrogen-bond acceptors (Lipinski definition) is 3.